The third-order valence-electron chi connectivity index (χ3n) is 1.28. The topological polar surface area (TPSA) is 12.9 Å². The molecule has 1 aromatic heterocycles. The van der Waals surface area contributed by atoms with Crippen molar-refractivity contribution in [3.63, 3.8) is 0 Å². The van der Waals surface area contributed by atoms with Gasteiger partial charge in [-0.15, -0.1) is 6.58 Å². The average Bonchev–Trinajstić information content (AvgIpc) is 2.03. The van der Waals surface area contributed by atoms with E-state index in [1.807, 2.05) is 18.3 Å². The molecule has 1 rings (SSSR count). The van der Waals surface area contributed by atoms with Crippen LogP contribution >= 0.6 is 0 Å². The molecule has 10 heavy (non-hydrogen) atoms. The monoisotopic (exact) mass is 132 g/mol. The van der Waals surface area contributed by atoms with Crippen LogP contribution in [0.4, 0.5) is 0 Å². The second-order valence-corrected chi connectivity index (χ2v) is 2.09. The summed E-state index contributed by atoms with van der Waals surface area (Å²) in [5, 5.41) is 0. The van der Waals surface area contributed by atoms with E-state index in [1.54, 1.807) is 6.20 Å². The van der Waals surface area contributed by atoms with E-state index in [1.165, 1.54) is 0 Å². The van der Waals surface area contributed by atoms with Crippen molar-refractivity contribution in [3.05, 3.63) is 42.7 Å². The Hall–Kier alpha value is -1.11. The van der Waals surface area contributed by atoms with E-state index >= 15 is 0 Å². The van der Waals surface area contributed by atoms with Crippen LogP contribution in [0.5, 0.6) is 0 Å². The lowest BCUT2D eigenvalue weighted by molar-refractivity contribution is 0.987. The van der Waals surface area contributed by atoms with E-state index < -0.39 is 0 Å². The number of aryl methyl sites for hydroxylation is 1. The van der Waals surface area contributed by atoms with Crippen LogP contribution in [-0.2, 0) is 6.42 Å². The summed E-state index contributed by atoms with van der Waals surface area (Å²) in [5.74, 6) is 0. The van der Waals surface area contributed by atoms with E-state index in [4.69, 9.17) is 0 Å². The summed E-state index contributed by atoms with van der Waals surface area (Å²) in [6, 6.07) is 4.92. The second-order valence-electron chi connectivity index (χ2n) is 2.09. The molecule has 1 nitrogen and oxygen atoms in total. The highest BCUT2D eigenvalue weighted by Crippen LogP contribution is 1.98. The van der Waals surface area contributed by atoms with Gasteiger partial charge in [-0.1, -0.05) is 6.08 Å². The molecule has 0 unspecified atom stereocenters. The zero-order valence-corrected chi connectivity index (χ0v) is 5.88. The first kappa shape index (κ1) is 7.00. The zero-order valence-electron chi connectivity index (χ0n) is 5.88. The summed E-state index contributed by atoms with van der Waals surface area (Å²) in [7, 11) is 0. The van der Waals surface area contributed by atoms with Crippen LogP contribution in [0, 0.1) is 6.07 Å². The van der Waals surface area contributed by atoms with Crippen LogP contribution in [0.25, 0.3) is 0 Å². The molecule has 51 valence electrons. The van der Waals surface area contributed by atoms with Gasteiger partial charge >= 0.3 is 0 Å². The maximum Gasteiger partial charge on any atom is 0.0306 e. The van der Waals surface area contributed by atoms with Gasteiger partial charge in [0.15, 0.2) is 0 Å². The van der Waals surface area contributed by atoms with E-state index in [-0.39, 0.29) is 0 Å². The van der Waals surface area contributed by atoms with Gasteiger partial charge in [0.1, 0.15) is 0 Å². The lowest BCUT2D eigenvalue weighted by atomic mass is 10.2. The Bertz CT molecular complexity index is 191. The number of rotatable bonds is 3. The molecular formula is C9H10N. The SMILES string of the molecule is C=CCCc1[c]ccnc1. The van der Waals surface area contributed by atoms with Gasteiger partial charge in [-0.05, 0) is 30.5 Å². The molecule has 0 saturated carbocycles. The van der Waals surface area contributed by atoms with Crippen LogP contribution in [0.1, 0.15) is 12.0 Å². The molecule has 0 aliphatic heterocycles. The highest BCUT2D eigenvalue weighted by atomic mass is 14.6. The number of nitrogens with zero attached hydrogens (tertiary/aromatic N) is 1. The fourth-order valence-electron chi connectivity index (χ4n) is 0.752. The van der Waals surface area contributed by atoms with Crippen LogP contribution in [0.2, 0.25) is 0 Å². The van der Waals surface area contributed by atoms with Gasteiger partial charge in [0.25, 0.3) is 0 Å². The normalized spacial score (nSPS) is 9.20. The van der Waals surface area contributed by atoms with Crippen LogP contribution in [0.15, 0.2) is 31.1 Å². The molecule has 0 fully saturated rings. The van der Waals surface area contributed by atoms with Gasteiger partial charge in [0.05, 0.1) is 0 Å². The predicted molar refractivity (Wildman–Crippen MR) is 41.6 cm³/mol. The lowest BCUT2D eigenvalue weighted by Gasteiger charge is -1.93. The highest BCUT2D eigenvalue weighted by Gasteiger charge is 1.87. The summed E-state index contributed by atoms with van der Waals surface area (Å²) < 4.78 is 0. The van der Waals surface area contributed by atoms with Gasteiger partial charge in [0.2, 0.25) is 0 Å². The number of allylic oxidation sites excluding steroid dienone is 1. The molecular weight excluding hydrogens is 122 g/mol. The molecule has 0 saturated heterocycles. The molecule has 0 aromatic carbocycles. The van der Waals surface area contributed by atoms with Crippen molar-refractivity contribution in [2.24, 2.45) is 0 Å². The van der Waals surface area contributed by atoms with E-state index in [9.17, 15) is 0 Å². The minimum Gasteiger partial charge on any atom is -0.264 e. The fraction of sp³-hybridized carbons (Fsp3) is 0.222. The molecule has 0 atom stereocenters. The number of hydrogen-bond acceptors (Lipinski definition) is 1. The molecule has 1 radical (unpaired) electrons. The fourth-order valence-corrected chi connectivity index (χ4v) is 0.752. The second kappa shape index (κ2) is 3.83. The molecule has 0 amide bonds. The molecule has 0 N–H and O–H groups in total. The third kappa shape index (κ3) is 2.02. The highest BCUT2D eigenvalue weighted by molar-refractivity contribution is 5.06. The number of hydrogen-bond donors (Lipinski definition) is 0. The van der Waals surface area contributed by atoms with Crippen LogP contribution in [-0.4, -0.2) is 4.98 Å². The van der Waals surface area contributed by atoms with Crippen molar-refractivity contribution < 1.29 is 0 Å². The maximum atomic E-state index is 3.97. The predicted octanol–water partition coefficient (Wildman–Crippen LogP) is 2.00. The lowest BCUT2D eigenvalue weighted by Crippen LogP contribution is -1.83. The Balaban J connectivity index is 2.50. The summed E-state index contributed by atoms with van der Waals surface area (Å²) in [4.78, 5) is 3.97. The van der Waals surface area contributed by atoms with Crippen molar-refractivity contribution in [1.29, 1.82) is 0 Å². The van der Waals surface area contributed by atoms with Gasteiger partial charge in [-0.3, -0.25) is 4.98 Å². The van der Waals surface area contributed by atoms with Crippen molar-refractivity contribution in [2.45, 2.75) is 12.8 Å². The summed E-state index contributed by atoms with van der Waals surface area (Å²) in [6.45, 7) is 3.64. The minimum absolute atomic E-state index is 0.997. The Kier molecular flexibility index (Phi) is 2.68. The number of pyridine rings is 1. The first-order valence-corrected chi connectivity index (χ1v) is 3.35. The maximum absolute atomic E-state index is 3.97. The van der Waals surface area contributed by atoms with E-state index in [0.717, 1.165) is 18.4 Å². The van der Waals surface area contributed by atoms with Crippen molar-refractivity contribution in [1.82, 2.24) is 4.98 Å². The minimum atomic E-state index is 0.997. The van der Waals surface area contributed by atoms with Gasteiger partial charge in [0, 0.05) is 12.4 Å². The van der Waals surface area contributed by atoms with Crippen LogP contribution < -0.4 is 0 Å². The van der Waals surface area contributed by atoms with Crippen LogP contribution in [0.3, 0.4) is 0 Å². The first-order valence-electron chi connectivity index (χ1n) is 3.35. The summed E-state index contributed by atoms with van der Waals surface area (Å²) >= 11 is 0. The molecule has 1 heterocycles. The van der Waals surface area contributed by atoms with Gasteiger partial charge in [-0.2, -0.15) is 0 Å². The Morgan fingerprint density at radius 2 is 2.60 bits per heavy atom. The molecule has 0 spiro atoms. The standard InChI is InChI=1S/C9H10N/c1-2-3-5-9-6-4-7-10-8-9/h2,4,7-8H,1,3,5H2. The molecule has 1 aromatic rings. The smallest absolute Gasteiger partial charge is 0.0306 e. The van der Waals surface area contributed by atoms with Gasteiger partial charge < -0.3 is 0 Å². The largest absolute Gasteiger partial charge is 0.264 e. The van der Waals surface area contributed by atoms with E-state index in [0.29, 0.717) is 0 Å². The molecule has 0 aliphatic rings. The Morgan fingerprint density at radius 3 is 3.20 bits per heavy atom. The molecule has 0 bridgehead atoms. The Morgan fingerprint density at radius 1 is 1.70 bits per heavy atom. The summed E-state index contributed by atoms with van der Waals surface area (Å²) in [5.41, 5.74) is 1.16. The quantitative estimate of drug-likeness (QED) is 0.573. The van der Waals surface area contributed by atoms with Crippen molar-refractivity contribution >= 4 is 0 Å². The van der Waals surface area contributed by atoms with Crippen molar-refractivity contribution in [3.8, 4) is 0 Å². The third-order valence-corrected chi connectivity index (χ3v) is 1.28. The zero-order chi connectivity index (χ0) is 7.23. The average molecular weight is 132 g/mol. The Labute approximate surface area is 61.4 Å². The summed E-state index contributed by atoms with van der Waals surface area (Å²) in [6.07, 6.45) is 7.47. The first-order chi connectivity index (χ1) is 4.93. The number of aromatic nitrogens is 1. The molecule has 0 aliphatic carbocycles. The molecule has 1 heteroatoms. The van der Waals surface area contributed by atoms with Gasteiger partial charge in [-0.25, -0.2) is 0 Å². The van der Waals surface area contributed by atoms with Crippen molar-refractivity contribution in [2.75, 3.05) is 0 Å². The van der Waals surface area contributed by atoms with E-state index in [2.05, 4.69) is 17.6 Å².